The molecule has 0 spiro atoms. The SMILES string of the molecule is CC(C)(C)c1cc(NC(=O)c2cc(Br)cnc2Cl)n(-c2ncccn2)n1. The van der Waals surface area contributed by atoms with Crippen molar-refractivity contribution in [1.29, 1.82) is 0 Å². The Hall–Kier alpha value is -2.32. The lowest BCUT2D eigenvalue weighted by Crippen LogP contribution is -2.17. The molecule has 26 heavy (non-hydrogen) atoms. The van der Waals surface area contributed by atoms with E-state index >= 15 is 0 Å². The highest BCUT2D eigenvalue weighted by Gasteiger charge is 2.23. The van der Waals surface area contributed by atoms with E-state index < -0.39 is 5.91 Å². The van der Waals surface area contributed by atoms with Crippen LogP contribution in [0.2, 0.25) is 5.15 Å². The quantitative estimate of drug-likeness (QED) is 0.628. The van der Waals surface area contributed by atoms with E-state index in [2.05, 4.69) is 41.3 Å². The summed E-state index contributed by atoms with van der Waals surface area (Å²) in [6, 6.07) is 5.12. The number of aromatic nitrogens is 5. The maximum absolute atomic E-state index is 12.7. The number of amides is 1. The first-order chi connectivity index (χ1) is 12.3. The summed E-state index contributed by atoms with van der Waals surface area (Å²) in [4.78, 5) is 25.1. The molecule has 0 radical (unpaired) electrons. The number of carbonyl (C=O) groups is 1. The first kappa shape index (κ1) is 18.5. The zero-order valence-electron chi connectivity index (χ0n) is 14.4. The molecular formula is C17H16BrClN6O. The highest BCUT2D eigenvalue weighted by Crippen LogP contribution is 2.26. The standard InChI is InChI=1S/C17H16BrClN6O/c1-17(2,3)12-8-13(25(24-12)16-20-5-4-6-21-16)23-15(26)11-7-10(18)9-22-14(11)19/h4-9H,1-3H3,(H,23,26). The fraction of sp³-hybridized carbons (Fsp3) is 0.235. The van der Waals surface area contributed by atoms with Crippen LogP contribution in [0.4, 0.5) is 5.82 Å². The van der Waals surface area contributed by atoms with Crippen molar-refractivity contribution in [1.82, 2.24) is 24.7 Å². The normalized spacial score (nSPS) is 11.4. The number of pyridine rings is 1. The molecule has 7 nitrogen and oxygen atoms in total. The summed E-state index contributed by atoms with van der Waals surface area (Å²) in [6.07, 6.45) is 4.75. The molecule has 1 amide bonds. The van der Waals surface area contributed by atoms with E-state index in [-0.39, 0.29) is 16.1 Å². The van der Waals surface area contributed by atoms with Crippen LogP contribution < -0.4 is 5.32 Å². The third-order valence-corrected chi connectivity index (χ3v) is 4.25. The second-order valence-electron chi connectivity index (χ2n) is 6.57. The van der Waals surface area contributed by atoms with Gasteiger partial charge in [0, 0.05) is 34.5 Å². The van der Waals surface area contributed by atoms with Crippen molar-refractivity contribution < 1.29 is 4.79 Å². The van der Waals surface area contributed by atoms with Crippen molar-refractivity contribution >= 4 is 39.3 Å². The van der Waals surface area contributed by atoms with Gasteiger partial charge in [0.25, 0.3) is 11.9 Å². The van der Waals surface area contributed by atoms with Gasteiger partial charge in [0.2, 0.25) is 0 Å². The molecule has 0 unspecified atom stereocenters. The lowest BCUT2D eigenvalue weighted by atomic mass is 9.92. The molecule has 3 aromatic heterocycles. The van der Waals surface area contributed by atoms with Crippen molar-refractivity contribution in [2.24, 2.45) is 0 Å². The van der Waals surface area contributed by atoms with Gasteiger partial charge in [-0.1, -0.05) is 32.4 Å². The van der Waals surface area contributed by atoms with E-state index in [1.54, 1.807) is 30.6 Å². The molecule has 3 aromatic rings. The Labute approximate surface area is 164 Å². The average Bonchev–Trinajstić information content (AvgIpc) is 3.02. The molecule has 0 aliphatic heterocycles. The van der Waals surface area contributed by atoms with E-state index in [4.69, 9.17) is 11.6 Å². The second-order valence-corrected chi connectivity index (χ2v) is 7.85. The van der Waals surface area contributed by atoms with E-state index in [0.29, 0.717) is 16.2 Å². The Bertz CT molecular complexity index is 952. The van der Waals surface area contributed by atoms with E-state index in [0.717, 1.165) is 5.69 Å². The molecule has 0 aliphatic carbocycles. The number of nitrogens with one attached hydrogen (secondary N) is 1. The van der Waals surface area contributed by atoms with Crippen LogP contribution in [0.3, 0.4) is 0 Å². The number of hydrogen-bond donors (Lipinski definition) is 1. The van der Waals surface area contributed by atoms with Crippen LogP contribution in [0.1, 0.15) is 36.8 Å². The minimum absolute atomic E-state index is 0.115. The zero-order chi connectivity index (χ0) is 18.9. The molecule has 1 N–H and O–H groups in total. The van der Waals surface area contributed by atoms with Gasteiger partial charge in [-0.25, -0.2) is 15.0 Å². The molecule has 9 heteroatoms. The van der Waals surface area contributed by atoms with Gasteiger partial charge in [0.05, 0.1) is 11.3 Å². The maximum Gasteiger partial charge on any atom is 0.259 e. The summed E-state index contributed by atoms with van der Waals surface area (Å²) in [5, 5.41) is 7.49. The van der Waals surface area contributed by atoms with Gasteiger partial charge in [0.15, 0.2) is 0 Å². The van der Waals surface area contributed by atoms with Crippen LogP contribution in [0.15, 0.2) is 41.3 Å². The molecule has 3 heterocycles. The van der Waals surface area contributed by atoms with Crippen molar-refractivity contribution in [2.45, 2.75) is 26.2 Å². The summed E-state index contributed by atoms with van der Waals surface area (Å²) in [5.41, 5.74) is 0.827. The Morgan fingerprint density at radius 2 is 1.88 bits per heavy atom. The summed E-state index contributed by atoms with van der Waals surface area (Å²) in [5.74, 6) is 0.403. The van der Waals surface area contributed by atoms with Crippen LogP contribution in [-0.4, -0.2) is 30.6 Å². The van der Waals surface area contributed by atoms with Crippen molar-refractivity contribution in [3.63, 3.8) is 0 Å². The second kappa shape index (κ2) is 7.13. The lowest BCUT2D eigenvalue weighted by molar-refractivity contribution is 0.102. The summed E-state index contributed by atoms with van der Waals surface area (Å²) in [7, 11) is 0. The number of anilines is 1. The van der Waals surface area contributed by atoms with Crippen LogP contribution in [0, 0.1) is 0 Å². The van der Waals surface area contributed by atoms with Gasteiger partial charge < -0.3 is 5.32 Å². The number of hydrogen-bond acceptors (Lipinski definition) is 5. The molecule has 134 valence electrons. The predicted molar refractivity (Wildman–Crippen MR) is 103 cm³/mol. The number of rotatable bonds is 3. The molecule has 3 rings (SSSR count). The Kier molecular flexibility index (Phi) is 5.06. The van der Waals surface area contributed by atoms with Crippen molar-refractivity contribution in [3.05, 3.63) is 57.7 Å². The molecule has 0 aromatic carbocycles. The minimum Gasteiger partial charge on any atom is -0.306 e. The Morgan fingerprint density at radius 3 is 2.54 bits per heavy atom. The van der Waals surface area contributed by atoms with Gasteiger partial charge >= 0.3 is 0 Å². The largest absolute Gasteiger partial charge is 0.306 e. The highest BCUT2D eigenvalue weighted by molar-refractivity contribution is 9.10. The van der Waals surface area contributed by atoms with Crippen molar-refractivity contribution in [3.8, 4) is 5.95 Å². The van der Waals surface area contributed by atoms with E-state index in [9.17, 15) is 4.79 Å². The molecule has 0 atom stereocenters. The van der Waals surface area contributed by atoms with Crippen LogP contribution >= 0.6 is 27.5 Å². The highest BCUT2D eigenvalue weighted by atomic mass is 79.9. The fourth-order valence-corrected chi connectivity index (χ4v) is 2.68. The lowest BCUT2D eigenvalue weighted by Gasteiger charge is -2.13. The van der Waals surface area contributed by atoms with Gasteiger partial charge in [-0.2, -0.15) is 9.78 Å². The van der Waals surface area contributed by atoms with Gasteiger partial charge in [-0.15, -0.1) is 0 Å². The Morgan fingerprint density at radius 1 is 1.19 bits per heavy atom. The predicted octanol–water partition coefficient (Wildman–Crippen LogP) is 4.02. The molecular weight excluding hydrogens is 420 g/mol. The van der Waals surface area contributed by atoms with Gasteiger partial charge in [0.1, 0.15) is 11.0 Å². The first-order valence-corrected chi connectivity index (χ1v) is 8.93. The Balaban J connectivity index is 2.02. The summed E-state index contributed by atoms with van der Waals surface area (Å²) >= 11 is 9.34. The number of nitrogens with zero attached hydrogens (tertiary/aromatic N) is 5. The van der Waals surface area contributed by atoms with Crippen molar-refractivity contribution in [2.75, 3.05) is 5.32 Å². The molecule has 0 saturated carbocycles. The fourth-order valence-electron chi connectivity index (χ4n) is 2.16. The zero-order valence-corrected chi connectivity index (χ0v) is 16.7. The first-order valence-electron chi connectivity index (χ1n) is 7.76. The van der Waals surface area contributed by atoms with Crippen LogP contribution in [0.5, 0.6) is 0 Å². The third-order valence-electron chi connectivity index (χ3n) is 3.51. The van der Waals surface area contributed by atoms with Gasteiger partial charge in [-0.3, -0.25) is 4.79 Å². The number of carbonyl (C=O) groups excluding carboxylic acids is 1. The smallest absolute Gasteiger partial charge is 0.259 e. The summed E-state index contributed by atoms with van der Waals surface area (Å²) in [6.45, 7) is 6.10. The molecule has 0 saturated heterocycles. The van der Waals surface area contributed by atoms with Crippen LogP contribution in [0.25, 0.3) is 5.95 Å². The maximum atomic E-state index is 12.7. The van der Waals surface area contributed by atoms with Crippen LogP contribution in [-0.2, 0) is 5.41 Å². The third kappa shape index (κ3) is 3.91. The number of halogens is 2. The average molecular weight is 436 g/mol. The van der Waals surface area contributed by atoms with Gasteiger partial charge in [-0.05, 0) is 28.1 Å². The van der Waals surface area contributed by atoms with E-state index in [1.807, 2.05) is 20.8 Å². The molecule has 0 fully saturated rings. The monoisotopic (exact) mass is 434 g/mol. The minimum atomic E-state index is -0.402. The topological polar surface area (TPSA) is 85.6 Å². The van der Waals surface area contributed by atoms with E-state index in [1.165, 1.54) is 10.9 Å². The summed E-state index contributed by atoms with van der Waals surface area (Å²) < 4.78 is 2.15. The molecule has 0 bridgehead atoms. The molecule has 0 aliphatic rings.